The minimum absolute atomic E-state index is 0. The molecule has 1 N–H and O–H groups in total. The second-order valence-electron chi connectivity index (χ2n) is 2.04. The third kappa shape index (κ3) is 3.97. The first-order valence-electron chi connectivity index (χ1n) is 3.09. The van der Waals surface area contributed by atoms with Crippen LogP contribution in [0.5, 0.6) is 5.75 Å². The zero-order chi connectivity index (χ0) is 9.14. The quantitative estimate of drug-likeness (QED) is 0.541. The third-order valence-corrected chi connectivity index (χ3v) is 2.24. The Kier molecular flexibility index (Phi) is 7.05. The summed E-state index contributed by atoms with van der Waals surface area (Å²) in [4.78, 5) is 0.185. The van der Waals surface area contributed by atoms with Gasteiger partial charge in [-0.1, -0.05) is 11.6 Å². The van der Waals surface area contributed by atoms with Crippen LogP contribution in [0.1, 0.15) is 1.43 Å². The summed E-state index contributed by atoms with van der Waals surface area (Å²) < 4.78 is 24.3. The summed E-state index contributed by atoms with van der Waals surface area (Å²) in [6, 6.07) is 4.54. The zero-order valence-corrected chi connectivity index (χ0v) is 12.0. The van der Waals surface area contributed by atoms with Crippen LogP contribution in [0.2, 0.25) is 5.02 Å². The number of rotatable bonds is 2. The molecule has 0 aromatic heterocycles. The molecule has 6 heteroatoms. The van der Waals surface area contributed by atoms with E-state index in [2.05, 4.69) is 0 Å². The number of hydrogen-bond acceptors (Lipinski definition) is 2. The first-order valence-corrected chi connectivity index (χ1v) is 4.58. The molecule has 1 aromatic carbocycles. The van der Waals surface area contributed by atoms with Gasteiger partial charge in [0.2, 0.25) is 0 Å². The first kappa shape index (κ1) is 14.1. The predicted octanol–water partition coefficient (Wildman–Crippen LogP) is -0.954. The van der Waals surface area contributed by atoms with Crippen molar-refractivity contribution in [1.82, 2.24) is 0 Å². The minimum atomic E-state index is -2.06. The second kappa shape index (κ2) is 6.52. The van der Waals surface area contributed by atoms with Crippen LogP contribution in [0.3, 0.4) is 0 Å². The Balaban J connectivity index is 0. The van der Waals surface area contributed by atoms with Gasteiger partial charge in [-0.05, 0) is 18.2 Å². The van der Waals surface area contributed by atoms with E-state index in [9.17, 15) is 4.21 Å². The summed E-state index contributed by atoms with van der Waals surface area (Å²) in [5, 5.41) is 0.410. The summed E-state index contributed by atoms with van der Waals surface area (Å²) in [6.45, 7) is 0. The third-order valence-electron chi connectivity index (χ3n) is 1.31. The van der Waals surface area contributed by atoms with E-state index in [1.807, 2.05) is 0 Å². The molecule has 3 nitrogen and oxygen atoms in total. The molecule has 0 aliphatic rings. The van der Waals surface area contributed by atoms with Gasteiger partial charge in [0.1, 0.15) is 10.6 Å². The Morgan fingerprint density at radius 3 is 2.69 bits per heavy atom. The molecule has 0 bridgehead atoms. The molecule has 0 fully saturated rings. The van der Waals surface area contributed by atoms with Crippen LogP contribution in [-0.4, -0.2) is 15.9 Å². The van der Waals surface area contributed by atoms with Gasteiger partial charge in [0.05, 0.1) is 7.11 Å². The number of ether oxygens (including phenoxy) is 1. The Hall–Kier alpha value is 1.06. The molecular weight excluding hydrogens is 239 g/mol. The van der Waals surface area contributed by atoms with Gasteiger partial charge >= 0.3 is 51.4 Å². The van der Waals surface area contributed by atoms with Gasteiger partial charge in [0.15, 0.2) is 11.1 Å². The molecule has 1 unspecified atom stereocenters. The Morgan fingerprint density at radius 2 is 2.23 bits per heavy atom. The Labute approximate surface area is 128 Å². The fraction of sp³-hybridized carbons (Fsp3) is 0.143. The number of halogens is 1. The maximum Gasteiger partial charge on any atom is 1.00 e. The predicted molar refractivity (Wildman–Crippen MR) is 48.2 cm³/mol. The fourth-order valence-corrected chi connectivity index (χ4v) is 1.58. The van der Waals surface area contributed by atoms with Crippen LogP contribution < -0.4 is 56.1 Å². The molecule has 0 spiro atoms. The van der Waals surface area contributed by atoms with E-state index >= 15 is 0 Å². The van der Waals surface area contributed by atoms with Crippen LogP contribution in [0.4, 0.5) is 0 Å². The standard InChI is InChI=1S/C7H7ClO3S.K.H/c1-11-6-3-2-5(8)4-7(6)12(9)10;;/h2-4H,1H3,(H,9,10);;/q;+1;-1. The summed E-state index contributed by atoms with van der Waals surface area (Å²) in [5.41, 5.74) is 0. The maximum atomic E-state index is 10.7. The zero-order valence-electron chi connectivity index (χ0n) is 8.28. The van der Waals surface area contributed by atoms with Crippen LogP contribution in [0.25, 0.3) is 0 Å². The number of hydrogen-bond donors (Lipinski definition) is 1. The molecule has 1 atom stereocenters. The van der Waals surface area contributed by atoms with Crippen LogP contribution >= 0.6 is 11.6 Å². The molecule has 0 radical (unpaired) electrons. The van der Waals surface area contributed by atoms with Crippen molar-refractivity contribution in [1.29, 1.82) is 0 Å². The molecule has 1 aromatic rings. The van der Waals surface area contributed by atoms with E-state index in [1.54, 1.807) is 12.1 Å². The van der Waals surface area contributed by atoms with E-state index in [1.165, 1.54) is 13.2 Å². The molecule has 0 aliphatic carbocycles. The van der Waals surface area contributed by atoms with Crippen molar-refractivity contribution in [3.63, 3.8) is 0 Å². The van der Waals surface area contributed by atoms with E-state index in [4.69, 9.17) is 20.9 Å². The van der Waals surface area contributed by atoms with Crippen molar-refractivity contribution in [3.8, 4) is 5.75 Å². The van der Waals surface area contributed by atoms with Gasteiger partial charge in [-0.3, -0.25) is 0 Å². The fourth-order valence-electron chi connectivity index (χ4n) is 0.787. The monoisotopic (exact) mass is 246 g/mol. The summed E-state index contributed by atoms with van der Waals surface area (Å²) in [5.74, 6) is 0.361. The van der Waals surface area contributed by atoms with E-state index in [-0.39, 0.29) is 57.7 Å². The summed E-state index contributed by atoms with van der Waals surface area (Å²) >= 11 is 3.56. The second-order valence-corrected chi connectivity index (χ2v) is 3.42. The number of methoxy groups -OCH3 is 1. The van der Waals surface area contributed by atoms with Crippen molar-refractivity contribution in [3.05, 3.63) is 23.2 Å². The molecular formula is C7H8ClKO3S. The summed E-state index contributed by atoms with van der Waals surface area (Å²) in [7, 11) is 1.43. The molecule has 68 valence electrons. The van der Waals surface area contributed by atoms with Gasteiger partial charge in [0.25, 0.3) is 0 Å². The van der Waals surface area contributed by atoms with Crippen LogP contribution in [0, 0.1) is 0 Å². The first-order chi connectivity index (χ1) is 5.65. The van der Waals surface area contributed by atoms with E-state index in [0.29, 0.717) is 10.8 Å². The van der Waals surface area contributed by atoms with Gasteiger partial charge < -0.3 is 10.7 Å². The molecule has 0 saturated heterocycles. The average molecular weight is 247 g/mol. The van der Waals surface area contributed by atoms with Gasteiger partial charge in [0, 0.05) is 5.02 Å². The molecule has 13 heavy (non-hydrogen) atoms. The maximum absolute atomic E-state index is 10.7. The molecule has 0 heterocycles. The Morgan fingerprint density at radius 1 is 1.62 bits per heavy atom. The molecule has 0 aliphatic heterocycles. The largest absolute Gasteiger partial charge is 1.00 e. The average Bonchev–Trinajstić information content (AvgIpc) is 2.04. The van der Waals surface area contributed by atoms with Crippen molar-refractivity contribution in [2.24, 2.45) is 0 Å². The van der Waals surface area contributed by atoms with Crippen molar-refractivity contribution in [2.45, 2.75) is 4.90 Å². The van der Waals surface area contributed by atoms with Crippen molar-refractivity contribution >= 4 is 22.7 Å². The summed E-state index contributed by atoms with van der Waals surface area (Å²) in [6.07, 6.45) is 0. The molecule has 0 saturated carbocycles. The minimum Gasteiger partial charge on any atom is -1.00 e. The molecule has 1 rings (SSSR count). The SMILES string of the molecule is COc1ccc(Cl)cc1S(=O)O.[H-].[K+]. The van der Waals surface area contributed by atoms with Gasteiger partial charge in [-0.2, -0.15) is 0 Å². The van der Waals surface area contributed by atoms with Gasteiger partial charge in [-0.25, -0.2) is 4.21 Å². The number of benzene rings is 1. The van der Waals surface area contributed by atoms with Crippen molar-refractivity contribution in [2.75, 3.05) is 7.11 Å². The van der Waals surface area contributed by atoms with E-state index < -0.39 is 11.1 Å². The van der Waals surface area contributed by atoms with Crippen LogP contribution in [-0.2, 0) is 11.1 Å². The smallest absolute Gasteiger partial charge is 1.00 e. The normalized spacial score (nSPS) is 11.6. The van der Waals surface area contributed by atoms with Crippen LogP contribution in [0.15, 0.2) is 23.1 Å². The Bertz CT molecular complexity index is 324. The topological polar surface area (TPSA) is 46.5 Å². The van der Waals surface area contributed by atoms with E-state index in [0.717, 1.165) is 0 Å². The molecule has 0 amide bonds. The van der Waals surface area contributed by atoms with Crippen molar-refractivity contribution < 1.29 is 66.3 Å². The van der Waals surface area contributed by atoms with Gasteiger partial charge in [-0.15, -0.1) is 0 Å².